The van der Waals surface area contributed by atoms with Crippen molar-refractivity contribution >= 4 is 17.6 Å². The van der Waals surface area contributed by atoms with Gasteiger partial charge in [0.15, 0.2) is 0 Å². The average Bonchev–Trinajstić information content (AvgIpc) is 2.56. The zero-order valence-corrected chi connectivity index (χ0v) is 14.2. The van der Waals surface area contributed by atoms with Crippen LogP contribution in [0, 0.1) is 5.92 Å². The van der Waals surface area contributed by atoms with Gasteiger partial charge < -0.3 is 14.9 Å². The van der Waals surface area contributed by atoms with Gasteiger partial charge in [-0.3, -0.25) is 9.59 Å². The number of carbonyl (C=O) groups excluding carboxylic acids is 1. The SMILES string of the molecule is CCN(CC)c1ccc(C(=O)N2CCC[C@H](C(=O)O)[C@@H]2C)cc1. The molecule has 1 aromatic rings. The number of rotatable bonds is 5. The van der Waals surface area contributed by atoms with E-state index in [9.17, 15) is 14.7 Å². The highest BCUT2D eigenvalue weighted by Crippen LogP contribution is 2.26. The van der Waals surface area contributed by atoms with Crippen molar-refractivity contribution in [3.8, 4) is 0 Å². The van der Waals surface area contributed by atoms with E-state index in [2.05, 4.69) is 18.7 Å². The number of carboxylic acid groups (broad SMARTS) is 1. The van der Waals surface area contributed by atoms with Gasteiger partial charge in [-0.1, -0.05) is 0 Å². The summed E-state index contributed by atoms with van der Waals surface area (Å²) in [5.74, 6) is -1.36. The maximum absolute atomic E-state index is 12.7. The van der Waals surface area contributed by atoms with Crippen LogP contribution in [0.4, 0.5) is 5.69 Å². The van der Waals surface area contributed by atoms with Crippen LogP contribution in [-0.2, 0) is 4.79 Å². The van der Waals surface area contributed by atoms with Crippen LogP contribution >= 0.6 is 0 Å². The number of carbonyl (C=O) groups is 2. The Kier molecular flexibility index (Phi) is 5.64. The van der Waals surface area contributed by atoms with Gasteiger partial charge >= 0.3 is 5.97 Å². The molecule has 0 saturated carbocycles. The summed E-state index contributed by atoms with van der Waals surface area (Å²) in [4.78, 5) is 28.0. The van der Waals surface area contributed by atoms with Crippen molar-refractivity contribution in [3.05, 3.63) is 29.8 Å². The van der Waals surface area contributed by atoms with Crippen LogP contribution in [0.1, 0.15) is 44.0 Å². The molecule has 0 aromatic heterocycles. The third-order valence-electron chi connectivity index (χ3n) is 4.81. The van der Waals surface area contributed by atoms with E-state index in [1.165, 1.54) is 0 Å². The molecule has 5 nitrogen and oxygen atoms in total. The number of amides is 1. The van der Waals surface area contributed by atoms with E-state index in [1.54, 1.807) is 4.90 Å². The largest absolute Gasteiger partial charge is 0.481 e. The second-order valence-electron chi connectivity index (χ2n) is 6.05. The fourth-order valence-corrected chi connectivity index (χ4v) is 3.33. The number of hydrogen-bond acceptors (Lipinski definition) is 3. The van der Waals surface area contributed by atoms with E-state index in [1.807, 2.05) is 31.2 Å². The van der Waals surface area contributed by atoms with Crippen LogP contribution < -0.4 is 4.90 Å². The summed E-state index contributed by atoms with van der Waals surface area (Å²) < 4.78 is 0. The summed E-state index contributed by atoms with van der Waals surface area (Å²) in [6, 6.07) is 7.34. The molecule has 23 heavy (non-hydrogen) atoms. The molecule has 1 aliphatic rings. The van der Waals surface area contributed by atoms with Gasteiger partial charge in [-0.2, -0.15) is 0 Å². The number of carboxylic acids is 1. The van der Waals surface area contributed by atoms with Crippen LogP contribution in [0.2, 0.25) is 0 Å². The number of nitrogens with zero attached hydrogens (tertiary/aromatic N) is 2. The van der Waals surface area contributed by atoms with Crippen LogP contribution in [0.15, 0.2) is 24.3 Å². The number of likely N-dealkylation sites (tertiary alicyclic amines) is 1. The third-order valence-corrected chi connectivity index (χ3v) is 4.81. The Bertz CT molecular complexity index is 552. The van der Waals surface area contributed by atoms with Gasteiger partial charge in [0.1, 0.15) is 0 Å². The maximum atomic E-state index is 12.7. The van der Waals surface area contributed by atoms with E-state index in [-0.39, 0.29) is 11.9 Å². The molecule has 2 rings (SSSR count). The lowest BCUT2D eigenvalue weighted by Gasteiger charge is -2.37. The summed E-state index contributed by atoms with van der Waals surface area (Å²) in [7, 11) is 0. The van der Waals surface area contributed by atoms with Crippen LogP contribution in [0.25, 0.3) is 0 Å². The predicted molar refractivity (Wildman–Crippen MR) is 90.9 cm³/mol. The number of benzene rings is 1. The molecule has 5 heteroatoms. The molecule has 0 radical (unpaired) electrons. The highest BCUT2D eigenvalue weighted by molar-refractivity contribution is 5.95. The van der Waals surface area contributed by atoms with Crippen LogP contribution in [-0.4, -0.2) is 47.6 Å². The predicted octanol–water partition coefficient (Wildman–Crippen LogP) is 2.86. The van der Waals surface area contributed by atoms with Crippen LogP contribution in [0.3, 0.4) is 0 Å². The molecule has 0 aliphatic carbocycles. The monoisotopic (exact) mass is 318 g/mol. The Morgan fingerprint density at radius 2 is 1.83 bits per heavy atom. The van der Waals surface area contributed by atoms with Crippen molar-refractivity contribution < 1.29 is 14.7 Å². The molecule has 0 spiro atoms. The number of aliphatic carboxylic acids is 1. The molecular formula is C18H26N2O3. The molecule has 1 saturated heterocycles. The molecule has 1 heterocycles. The first-order valence-corrected chi connectivity index (χ1v) is 8.38. The zero-order chi connectivity index (χ0) is 17.0. The van der Waals surface area contributed by atoms with Crippen molar-refractivity contribution in [2.45, 2.75) is 39.7 Å². The Balaban J connectivity index is 2.15. The minimum atomic E-state index is -0.813. The third kappa shape index (κ3) is 3.66. The normalized spacial score (nSPS) is 21.1. The lowest BCUT2D eigenvalue weighted by atomic mass is 9.90. The Morgan fingerprint density at radius 1 is 1.22 bits per heavy atom. The number of piperidine rings is 1. The van der Waals surface area contributed by atoms with Gasteiger partial charge in [-0.05, 0) is 57.9 Å². The second kappa shape index (κ2) is 7.49. The van der Waals surface area contributed by atoms with Gasteiger partial charge in [-0.15, -0.1) is 0 Å². The van der Waals surface area contributed by atoms with E-state index in [4.69, 9.17) is 0 Å². The van der Waals surface area contributed by atoms with E-state index >= 15 is 0 Å². The quantitative estimate of drug-likeness (QED) is 0.907. The van der Waals surface area contributed by atoms with Crippen molar-refractivity contribution in [3.63, 3.8) is 0 Å². The fourth-order valence-electron chi connectivity index (χ4n) is 3.33. The molecule has 2 atom stereocenters. The second-order valence-corrected chi connectivity index (χ2v) is 6.05. The van der Waals surface area contributed by atoms with Crippen LogP contribution in [0.5, 0.6) is 0 Å². The molecule has 126 valence electrons. The number of hydrogen-bond donors (Lipinski definition) is 1. The van der Waals surface area contributed by atoms with Gasteiger partial charge in [0, 0.05) is 36.9 Å². The molecular weight excluding hydrogens is 292 g/mol. The van der Waals surface area contributed by atoms with Crippen molar-refractivity contribution in [1.29, 1.82) is 0 Å². The van der Waals surface area contributed by atoms with Crippen molar-refractivity contribution in [2.24, 2.45) is 5.92 Å². The molecule has 1 aliphatic heterocycles. The minimum Gasteiger partial charge on any atom is -0.481 e. The van der Waals surface area contributed by atoms with E-state index in [0.717, 1.165) is 25.2 Å². The summed E-state index contributed by atoms with van der Waals surface area (Å²) in [6.45, 7) is 8.51. The molecule has 1 amide bonds. The van der Waals surface area contributed by atoms with Gasteiger partial charge in [-0.25, -0.2) is 0 Å². The summed E-state index contributed by atoms with van der Waals surface area (Å²) in [5, 5.41) is 9.29. The average molecular weight is 318 g/mol. The summed E-state index contributed by atoms with van der Waals surface area (Å²) in [6.07, 6.45) is 1.38. The molecule has 0 unspecified atom stereocenters. The number of anilines is 1. The standard InChI is InChI=1S/C18H26N2O3/c1-4-19(5-2)15-10-8-14(9-11-15)17(21)20-12-6-7-16(13(20)3)18(22)23/h8-11,13,16H,4-7,12H2,1-3H3,(H,22,23)/t13-,16-/m0/s1. The van der Waals surface area contributed by atoms with E-state index < -0.39 is 11.9 Å². The first-order valence-electron chi connectivity index (χ1n) is 8.38. The maximum Gasteiger partial charge on any atom is 0.308 e. The summed E-state index contributed by atoms with van der Waals surface area (Å²) >= 11 is 0. The van der Waals surface area contributed by atoms with Crippen molar-refractivity contribution in [2.75, 3.05) is 24.5 Å². The Morgan fingerprint density at radius 3 is 2.35 bits per heavy atom. The van der Waals surface area contributed by atoms with E-state index in [0.29, 0.717) is 18.5 Å². The van der Waals surface area contributed by atoms with Gasteiger partial charge in [0.05, 0.1) is 5.92 Å². The highest BCUT2D eigenvalue weighted by atomic mass is 16.4. The van der Waals surface area contributed by atoms with Gasteiger partial charge in [0.2, 0.25) is 0 Å². The lowest BCUT2D eigenvalue weighted by molar-refractivity contribution is -0.144. The molecule has 1 N–H and O–H groups in total. The Labute approximate surface area is 137 Å². The smallest absolute Gasteiger partial charge is 0.308 e. The zero-order valence-electron chi connectivity index (χ0n) is 14.2. The highest BCUT2D eigenvalue weighted by Gasteiger charge is 2.35. The minimum absolute atomic E-state index is 0.0745. The first-order chi connectivity index (χ1) is 11.0. The molecule has 0 bridgehead atoms. The van der Waals surface area contributed by atoms with Gasteiger partial charge in [0.25, 0.3) is 5.91 Å². The fraction of sp³-hybridized carbons (Fsp3) is 0.556. The summed E-state index contributed by atoms with van der Waals surface area (Å²) in [5.41, 5.74) is 1.72. The van der Waals surface area contributed by atoms with Crippen molar-refractivity contribution in [1.82, 2.24) is 4.90 Å². The molecule has 1 aromatic carbocycles. The Hall–Kier alpha value is -2.04. The lowest BCUT2D eigenvalue weighted by Crippen LogP contribution is -2.49. The topological polar surface area (TPSA) is 60.9 Å². The first kappa shape index (κ1) is 17.3. The molecule has 1 fully saturated rings.